The molecule has 3 aliphatic heterocycles. The molecular weight excluding hydrogens is 460 g/mol. The van der Waals surface area contributed by atoms with Crippen LogP contribution < -0.4 is 5.32 Å². The van der Waals surface area contributed by atoms with Crippen LogP contribution in [0.25, 0.3) is 0 Å². The number of carbonyl (C=O) groups is 3. The Morgan fingerprint density at radius 1 is 1.45 bits per heavy atom. The van der Waals surface area contributed by atoms with Gasteiger partial charge in [-0.25, -0.2) is 0 Å². The number of halogens is 1. The van der Waals surface area contributed by atoms with Crippen LogP contribution in [0.1, 0.15) is 46.5 Å². The summed E-state index contributed by atoms with van der Waals surface area (Å²) in [6.07, 6.45) is 2.88. The first kappa shape index (κ1) is 22.9. The minimum Gasteiger partial charge on any atom is -0.466 e. The maximum absolute atomic E-state index is 13.5. The molecule has 3 aliphatic rings. The van der Waals surface area contributed by atoms with E-state index < -0.39 is 22.6 Å². The average molecular weight is 491 g/mol. The lowest BCUT2D eigenvalue weighted by atomic mass is 9.71. The summed E-state index contributed by atoms with van der Waals surface area (Å²) >= 11 is 5.31. The molecule has 2 N–H and O–H groups in total. The number of fused-ring (bicyclic) bond motifs is 1. The molecule has 9 heteroatoms. The largest absolute Gasteiger partial charge is 0.466 e. The number of hydrogen-bond acceptors (Lipinski definition) is 6. The summed E-state index contributed by atoms with van der Waals surface area (Å²) in [5, 5.41) is 12.3. The van der Waals surface area contributed by atoms with E-state index in [4.69, 9.17) is 4.74 Å². The number of likely N-dealkylation sites (tertiary alicyclic amines) is 1. The second-order valence-corrected chi connectivity index (χ2v) is 10.9. The Morgan fingerprint density at radius 2 is 2.17 bits per heavy atom. The highest BCUT2D eigenvalue weighted by Gasteiger charge is 2.75. The van der Waals surface area contributed by atoms with Gasteiger partial charge in [-0.2, -0.15) is 0 Å². The second kappa shape index (κ2) is 9.14. The van der Waals surface area contributed by atoms with E-state index in [1.807, 2.05) is 6.92 Å². The van der Waals surface area contributed by atoms with Crippen LogP contribution in [0.4, 0.5) is 0 Å². The number of hydrogen-bond donors (Lipinski definition) is 2. The van der Waals surface area contributed by atoms with Gasteiger partial charge >= 0.3 is 5.97 Å². The number of rotatable bonds is 9. The fourth-order valence-electron chi connectivity index (χ4n) is 5.25. The number of aliphatic hydroxyl groups excluding tert-OH is 1. The lowest BCUT2D eigenvalue weighted by Crippen LogP contribution is -2.55. The molecule has 0 saturated carbocycles. The lowest BCUT2D eigenvalue weighted by Gasteiger charge is -2.35. The van der Waals surface area contributed by atoms with Crippen molar-refractivity contribution in [3.63, 3.8) is 0 Å². The molecule has 3 saturated heterocycles. The van der Waals surface area contributed by atoms with Crippen molar-refractivity contribution in [3.8, 4) is 0 Å². The zero-order chi connectivity index (χ0) is 21.3. The van der Waals surface area contributed by atoms with Crippen molar-refractivity contribution in [3.05, 3.63) is 0 Å². The molecule has 1 spiro atoms. The van der Waals surface area contributed by atoms with Crippen LogP contribution in [0, 0.1) is 11.8 Å². The predicted molar refractivity (Wildman–Crippen MR) is 115 cm³/mol. The van der Waals surface area contributed by atoms with Gasteiger partial charge in [0.2, 0.25) is 11.8 Å². The van der Waals surface area contributed by atoms with E-state index in [0.29, 0.717) is 19.4 Å². The molecular formula is C20H31BrN2O5S. The van der Waals surface area contributed by atoms with E-state index in [9.17, 15) is 19.5 Å². The van der Waals surface area contributed by atoms with Crippen molar-refractivity contribution in [2.75, 3.05) is 19.8 Å². The molecule has 2 amide bonds. The lowest BCUT2D eigenvalue weighted by molar-refractivity contribution is -0.153. The number of nitrogens with one attached hydrogen (secondary N) is 1. The number of carbonyl (C=O) groups excluding carboxylic acids is 3. The summed E-state index contributed by atoms with van der Waals surface area (Å²) in [7, 11) is 0. The van der Waals surface area contributed by atoms with Gasteiger partial charge in [0.05, 0.1) is 23.2 Å². The summed E-state index contributed by atoms with van der Waals surface area (Å²) in [6, 6.07) is -0.623. The van der Waals surface area contributed by atoms with Gasteiger partial charge in [-0.05, 0) is 33.1 Å². The molecule has 164 valence electrons. The number of nitrogens with zero attached hydrogens (tertiary/aromatic N) is 1. The summed E-state index contributed by atoms with van der Waals surface area (Å²) < 4.78 is 4.66. The molecule has 7 nitrogen and oxygen atoms in total. The predicted octanol–water partition coefficient (Wildman–Crippen LogP) is 1.70. The minimum absolute atomic E-state index is 0.0157. The van der Waals surface area contributed by atoms with Crippen molar-refractivity contribution in [2.45, 2.75) is 73.4 Å². The molecule has 2 bridgehead atoms. The third kappa shape index (κ3) is 3.82. The van der Waals surface area contributed by atoms with Gasteiger partial charge in [0.25, 0.3) is 0 Å². The summed E-state index contributed by atoms with van der Waals surface area (Å²) in [4.78, 5) is 41.2. The number of ether oxygens (including phenoxy) is 1. The van der Waals surface area contributed by atoms with E-state index in [2.05, 4.69) is 28.2 Å². The Morgan fingerprint density at radius 3 is 2.79 bits per heavy atom. The smallest absolute Gasteiger partial charge is 0.310 e. The molecule has 7 atom stereocenters. The molecule has 3 rings (SSSR count). The third-order valence-electron chi connectivity index (χ3n) is 6.26. The van der Waals surface area contributed by atoms with Gasteiger partial charge < -0.3 is 20.1 Å². The number of thioether (sulfide) groups is 1. The average Bonchev–Trinajstić information content (AvgIpc) is 3.24. The SMILES string of the molecule is CCCC(C)NC(=O)C1N(CCCO)C(=O)[C@@H]2[C@@H](C(=O)OCC)[C@@H]3SC12CC3Br. The van der Waals surface area contributed by atoms with Crippen LogP contribution >= 0.6 is 27.7 Å². The Labute approximate surface area is 184 Å². The highest BCUT2D eigenvalue weighted by atomic mass is 79.9. The van der Waals surface area contributed by atoms with Crippen LogP contribution in [0.2, 0.25) is 0 Å². The second-order valence-electron chi connectivity index (χ2n) is 8.22. The van der Waals surface area contributed by atoms with Gasteiger partial charge in [-0.15, -0.1) is 11.8 Å². The monoisotopic (exact) mass is 490 g/mol. The highest BCUT2D eigenvalue weighted by molar-refractivity contribution is 9.09. The molecule has 3 heterocycles. The van der Waals surface area contributed by atoms with E-state index in [0.717, 1.165) is 12.8 Å². The topological polar surface area (TPSA) is 95.9 Å². The normalized spacial score (nSPS) is 36.2. The van der Waals surface area contributed by atoms with Crippen LogP contribution in [0.3, 0.4) is 0 Å². The minimum atomic E-state index is -0.640. The first-order valence-corrected chi connectivity index (χ1v) is 12.3. The standard InChI is InChI=1S/C20H31BrN2O5S/c1-4-7-11(3)22-17(25)16-20-10-12(21)15(29-20)13(19(27)28-5-2)14(20)18(26)23(16)8-6-9-24/h11-16,24H,4-10H2,1-3H3,(H,22,25)/t11?,12?,13-,14+,15-,16?,20?/m1/s1. The number of aliphatic hydroxyl groups is 1. The zero-order valence-electron chi connectivity index (χ0n) is 17.2. The van der Waals surface area contributed by atoms with E-state index in [1.54, 1.807) is 23.6 Å². The van der Waals surface area contributed by atoms with Gasteiger partial charge in [0, 0.05) is 29.3 Å². The van der Waals surface area contributed by atoms with E-state index in [-0.39, 0.29) is 47.1 Å². The van der Waals surface area contributed by atoms with Crippen LogP contribution in [-0.2, 0) is 19.1 Å². The number of alkyl halides is 1. The van der Waals surface area contributed by atoms with Crippen molar-refractivity contribution in [1.29, 1.82) is 0 Å². The van der Waals surface area contributed by atoms with Crippen molar-refractivity contribution in [2.24, 2.45) is 11.8 Å². The Kier molecular flexibility index (Phi) is 7.21. The van der Waals surface area contributed by atoms with Crippen LogP contribution in [-0.4, -0.2) is 74.5 Å². The highest BCUT2D eigenvalue weighted by Crippen LogP contribution is 2.67. The number of amides is 2. The summed E-state index contributed by atoms with van der Waals surface area (Å²) in [5.41, 5.74) is 0. The first-order valence-electron chi connectivity index (χ1n) is 10.5. The Bertz CT molecular complexity index is 665. The van der Waals surface area contributed by atoms with Gasteiger partial charge in [-0.3, -0.25) is 14.4 Å². The van der Waals surface area contributed by atoms with Gasteiger partial charge in [-0.1, -0.05) is 29.3 Å². The fourth-order valence-corrected chi connectivity index (χ4v) is 8.85. The number of esters is 1. The van der Waals surface area contributed by atoms with E-state index in [1.165, 1.54) is 0 Å². The Balaban J connectivity index is 1.96. The van der Waals surface area contributed by atoms with Crippen molar-refractivity contribution < 1.29 is 24.2 Å². The van der Waals surface area contributed by atoms with Crippen LogP contribution in [0.15, 0.2) is 0 Å². The summed E-state index contributed by atoms with van der Waals surface area (Å²) in [6.45, 7) is 6.31. The maximum atomic E-state index is 13.5. The van der Waals surface area contributed by atoms with Crippen molar-refractivity contribution >= 4 is 45.5 Å². The Hall–Kier alpha value is -0.800. The zero-order valence-corrected chi connectivity index (χ0v) is 19.6. The molecule has 0 aliphatic carbocycles. The molecule has 0 aromatic rings. The molecule has 29 heavy (non-hydrogen) atoms. The third-order valence-corrected chi connectivity index (χ3v) is 9.48. The van der Waals surface area contributed by atoms with Crippen molar-refractivity contribution in [1.82, 2.24) is 10.2 Å². The van der Waals surface area contributed by atoms with E-state index >= 15 is 0 Å². The molecule has 0 aromatic carbocycles. The first-order chi connectivity index (χ1) is 13.8. The summed E-state index contributed by atoms with van der Waals surface area (Å²) in [5.74, 6) is -1.77. The molecule has 0 aromatic heterocycles. The van der Waals surface area contributed by atoms with Gasteiger partial charge in [0.1, 0.15) is 6.04 Å². The molecule has 4 unspecified atom stereocenters. The quantitative estimate of drug-likeness (QED) is 0.377. The van der Waals surface area contributed by atoms with Crippen LogP contribution in [0.5, 0.6) is 0 Å². The fraction of sp³-hybridized carbons (Fsp3) is 0.850. The molecule has 0 radical (unpaired) electrons. The van der Waals surface area contributed by atoms with Gasteiger partial charge in [0.15, 0.2) is 0 Å². The maximum Gasteiger partial charge on any atom is 0.310 e. The molecule has 3 fully saturated rings.